The van der Waals surface area contributed by atoms with Gasteiger partial charge in [-0.1, -0.05) is 6.92 Å². The summed E-state index contributed by atoms with van der Waals surface area (Å²) in [7, 11) is 2.18. The molecule has 1 N–H and O–H groups in total. The van der Waals surface area contributed by atoms with Gasteiger partial charge in [-0.2, -0.15) is 0 Å². The number of nitrogens with one attached hydrogen (secondary N) is 1. The Hall–Kier alpha value is -0.800. The van der Waals surface area contributed by atoms with Crippen molar-refractivity contribution in [2.75, 3.05) is 13.6 Å². The largest absolute Gasteiger partial charge is 0.468 e. The van der Waals surface area contributed by atoms with E-state index in [0.29, 0.717) is 0 Å². The van der Waals surface area contributed by atoms with E-state index in [2.05, 4.69) is 30.3 Å². The molecular weight excluding hydrogens is 188 g/mol. The highest BCUT2D eigenvalue weighted by atomic mass is 16.3. The van der Waals surface area contributed by atoms with Gasteiger partial charge in [0.15, 0.2) is 0 Å². The minimum atomic E-state index is 0.794. The molecule has 0 aromatic carbocycles. The van der Waals surface area contributed by atoms with Crippen LogP contribution in [-0.4, -0.2) is 24.5 Å². The fraction of sp³-hybridized carbons (Fsp3) is 0.667. The maximum Gasteiger partial charge on any atom is 0.122 e. The molecule has 1 heterocycles. The molecule has 0 unspecified atom stereocenters. The summed E-state index contributed by atoms with van der Waals surface area (Å²) in [6.07, 6.45) is 4.49. The van der Waals surface area contributed by atoms with E-state index in [9.17, 15) is 0 Å². The fourth-order valence-electron chi connectivity index (χ4n) is 1.79. The zero-order chi connectivity index (χ0) is 10.7. The van der Waals surface area contributed by atoms with Crippen LogP contribution in [0.2, 0.25) is 0 Å². The standard InChI is InChI=1S/C12H20N2O/c1-3-13-8-10-6-7-15-12(10)9-14(2)11-4-5-11/h6-7,11,13H,3-5,8-9H2,1-2H3. The van der Waals surface area contributed by atoms with Crippen LogP contribution in [0.4, 0.5) is 0 Å². The Kier molecular flexibility index (Phi) is 3.44. The smallest absolute Gasteiger partial charge is 0.122 e. The third kappa shape index (κ3) is 2.83. The predicted molar refractivity (Wildman–Crippen MR) is 60.6 cm³/mol. The van der Waals surface area contributed by atoms with E-state index < -0.39 is 0 Å². The first kappa shape index (κ1) is 10.7. The molecular formula is C12H20N2O. The second-order valence-electron chi connectivity index (χ2n) is 4.30. The van der Waals surface area contributed by atoms with Crippen LogP contribution in [0, 0.1) is 0 Å². The molecule has 3 heteroatoms. The van der Waals surface area contributed by atoms with Crippen molar-refractivity contribution in [3.8, 4) is 0 Å². The van der Waals surface area contributed by atoms with Crippen LogP contribution in [0.3, 0.4) is 0 Å². The minimum absolute atomic E-state index is 0.794. The predicted octanol–water partition coefficient (Wildman–Crippen LogP) is 1.98. The van der Waals surface area contributed by atoms with Gasteiger partial charge < -0.3 is 9.73 Å². The third-order valence-electron chi connectivity index (χ3n) is 2.97. The SMILES string of the molecule is CCNCc1ccoc1CN(C)C1CC1. The highest BCUT2D eigenvalue weighted by molar-refractivity contribution is 5.17. The molecule has 0 aliphatic heterocycles. The molecule has 2 rings (SSSR count). The average Bonchev–Trinajstić information content (AvgIpc) is 2.99. The molecule has 1 saturated carbocycles. The van der Waals surface area contributed by atoms with Crippen molar-refractivity contribution in [3.63, 3.8) is 0 Å². The first-order valence-electron chi connectivity index (χ1n) is 5.77. The van der Waals surface area contributed by atoms with Crippen molar-refractivity contribution in [1.29, 1.82) is 0 Å². The highest BCUT2D eigenvalue weighted by Gasteiger charge is 2.26. The number of hydrogen-bond acceptors (Lipinski definition) is 3. The number of hydrogen-bond donors (Lipinski definition) is 1. The molecule has 0 radical (unpaired) electrons. The van der Waals surface area contributed by atoms with Crippen LogP contribution in [0.1, 0.15) is 31.1 Å². The first-order chi connectivity index (χ1) is 7.31. The maximum atomic E-state index is 5.53. The molecule has 0 atom stereocenters. The van der Waals surface area contributed by atoms with Crippen molar-refractivity contribution in [1.82, 2.24) is 10.2 Å². The Morgan fingerprint density at radius 1 is 1.53 bits per heavy atom. The van der Waals surface area contributed by atoms with Crippen molar-refractivity contribution < 1.29 is 4.42 Å². The van der Waals surface area contributed by atoms with E-state index in [1.807, 2.05) is 0 Å². The Labute approximate surface area is 91.4 Å². The molecule has 84 valence electrons. The van der Waals surface area contributed by atoms with E-state index in [-0.39, 0.29) is 0 Å². The van der Waals surface area contributed by atoms with E-state index >= 15 is 0 Å². The summed E-state index contributed by atoms with van der Waals surface area (Å²) in [6.45, 7) is 4.98. The molecule has 0 saturated heterocycles. The van der Waals surface area contributed by atoms with E-state index in [0.717, 1.165) is 31.4 Å². The Morgan fingerprint density at radius 2 is 2.33 bits per heavy atom. The van der Waals surface area contributed by atoms with Gasteiger partial charge in [-0.3, -0.25) is 4.90 Å². The summed E-state index contributed by atoms with van der Waals surface area (Å²) in [5.41, 5.74) is 1.30. The summed E-state index contributed by atoms with van der Waals surface area (Å²) in [5, 5.41) is 3.33. The van der Waals surface area contributed by atoms with Crippen LogP contribution < -0.4 is 5.32 Å². The van der Waals surface area contributed by atoms with E-state index in [4.69, 9.17) is 4.42 Å². The van der Waals surface area contributed by atoms with Gasteiger partial charge in [0, 0.05) is 18.2 Å². The van der Waals surface area contributed by atoms with Gasteiger partial charge in [-0.15, -0.1) is 0 Å². The fourth-order valence-corrected chi connectivity index (χ4v) is 1.79. The lowest BCUT2D eigenvalue weighted by atomic mass is 10.2. The molecule has 0 bridgehead atoms. The summed E-state index contributed by atoms with van der Waals surface area (Å²) in [5.74, 6) is 1.12. The quantitative estimate of drug-likeness (QED) is 0.775. The zero-order valence-corrected chi connectivity index (χ0v) is 9.62. The molecule has 0 spiro atoms. The number of furan rings is 1. The topological polar surface area (TPSA) is 28.4 Å². The molecule has 1 aliphatic rings. The van der Waals surface area contributed by atoms with Crippen LogP contribution in [0.15, 0.2) is 16.7 Å². The average molecular weight is 208 g/mol. The van der Waals surface area contributed by atoms with Crippen molar-refractivity contribution in [3.05, 3.63) is 23.7 Å². The van der Waals surface area contributed by atoms with Gasteiger partial charge in [0.25, 0.3) is 0 Å². The lowest BCUT2D eigenvalue weighted by Gasteiger charge is -2.14. The lowest BCUT2D eigenvalue weighted by Crippen LogP contribution is -2.21. The third-order valence-corrected chi connectivity index (χ3v) is 2.97. The number of rotatable bonds is 6. The molecule has 1 aliphatic carbocycles. The summed E-state index contributed by atoms with van der Waals surface area (Å²) < 4.78 is 5.53. The monoisotopic (exact) mass is 208 g/mol. The van der Waals surface area contributed by atoms with Crippen molar-refractivity contribution >= 4 is 0 Å². The Morgan fingerprint density at radius 3 is 3.00 bits per heavy atom. The Bertz CT molecular complexity index is 304. The van der Waals surface area contributed by atoms with Gasteiger partial charge in [-0.25, -0.2) is 0 Å². The Balaban J connectivity index is 1.91. The first-order valence-corrected chi connectivity index (χ1v) is 5.77. The van der Waals surface area contributed by atoms with Crippen molar-refractivity contribution in [2.24, 2.45) is 0 Å². The normalized spacial score (nSPS) is 16.2. The molecule has 0 amide bonds. The van der Waals surface area contributed by atoms with Gasteiger partial charge >= 0.3 is 0 Å². The van der Waals surface area contributed by atoms with Gasteiger partial charge in [0.1, 0.15) is 5.76 Å². The second-order valence-corrected chi connectivity index (χ2v) is 4.30. The molecule has 15 heavy (non-hydrogen) atoms. The van der Waals surface area contributed by atoms with Crippen LogP contribution in [-0.2, 0) is 13.1 Å². The van der Waals surface area contributed by atoms with Gasteiger partial charge in [-0.05, 0) is 32.5 Å². The molecule has 1 aromatic rings. The van der Waals surface area contributed by atoms with Gasteiger partial charge in [0.2, 0.25) is 0 Å². The summed E-state index contributed by atoms with van der Waals surface area (Å²) in [6, 6.07) is 2.86. The highest BCUT2D eigenvalue weighted by Crippen LogP contribution is 2.27. The van der Waals surface area contributed by atoms with Crippen LogP contribution in [0.25, 0.3) is 0 Å². The molecule has 1 aromatic heterocycles. The minimum Gasteiger partial charge on any atom is -0.468 e. The summed E-state index contributed by atoms with van der Waals surface area (Å²) in [4.78, 5) is 2.38. The van der Waals surface area contributed by atoms with Crippen molar-refractivity contribution in [2.45, 2.75) is 38.9 Å². The second kappa shape index (κ2) is 4.81. The zero-order valence-electron chi connectivity index (χ0n) is 9.62. The number of nitrogens with zero attached hydrogens (tertiary/aromatic N) is 1. The summed E-state index contributed by atoms with van der Waals surface area (Å²) >= 11 is 0. The van der Waals surface area contributed by atoms with Crippen LogP contribution in [0.5, 0.6) is 0 Å². The van der Waals surface area contributed by atoms with E-state index in [1.54, 1.807) is 6.26 Å². The van der Waals surface area contributed by atoms with Crippen LogP contribution >= 0.6 is 0 Å². The lowest BCUT2D eigenvalue weighted by molar-refractivity contribution is 0.284. The molecule has 3 nitrogen and oxygen atoms in total. The van der Waals surface area contributed by atoms with Gasteiger partial charge in [0.05, 0.1) is 12.8 Å². The maximum absolute atomic E-state index is 5.53. The molecule has 1 fully saturated rings. The van der Waals surface area contributed by atoms with E-state index in [1.165, 1.54) is 18.4 Å².